The van der Waals surface area contributed by atoms with Crippen molar-refractivity contribution in [3.05, 3.63) is 92.9 Å². The largest absolute Gasteiger partial charge is 0.396 e. The van der Waals surface area contributed by atoms with E-state index in [0.29, 0.717) is 22.3 Å². The van der Waals surface area contributed by atoms with E-state index in [4.69, 9.17) is 0 Å². The number of aromatic nitrogens is 3. The van der Waals surface area contributed by atoms with Gasteiger partial charge in [0.15, 0.2) is 5.82 Å². The van der Waals surface area contributed by atoms with E-state index in [2.05, 4.69) is 15.4 Å². The molecular weight excluding hydrogens is 454 g/mol. The van der Waals surface area contributed by atoms with Gasteiger partial charge < -0.3 is 15.4 Å². The van der Waals surface area contributed by atoms with Crippen LogP contribution in [0.15, 0.2) is 53.5 Å². The predicted molar refractivity (Wildman–Crippen MR) is 128 cm³/mol. The number of aliphatic hydroxyl groups excluding tert-OH is 1. The zero-order chi connectivity index (χ0) is 25.3. The second kappa shape index (κ2) is 9.79. The van der Waals surface area contributed by atoms with Crippen LogP contribution in [0.3, 0.4) is 0 Å². The Balaban J connectivity index is 1.77. The lowest BCUT2D eigenvalue weighted by molar-refractivity contribution is 0.0929. The highest BCUT2D eigenvalue weighted by Gasteiger charge is 2.25. The molecule has 3 N–H and O–H groups in total. The molecular formula is C26H26F2N4O3. The highest BCUT2D eigenvalue weighted by Crippen LogP contribution is 2.27. The summed E-state index contributed by atoms with van der Waals surface area (Å²) >= 11 is 0. The number of fused-ring (bicyclic) bond motifs is 1. The maximum absolute atomic E-state index is 14.1. The third-order valence-corrected chi connectivity index (χ3v) is 5.94. The highest BCUT2D eigenvalue weighted by atomic mass is 19.1. The van der Waals surface area contributed by atoms with Crippen LogP contribution < -0.4 is 10.9 Å². The number of rotatable bonds is 7. The van der Waals surface area contributed by atoms with Crippen molar-refractivity contribution in [2.75, 3.05) is 6.61 Å². The molecule has 4 aromatic rings. The normalized spacial score (nSPS) is 12.3. The van der Waals surface area contributed by atoms with E-state index in [9.17, 15) is 23.5 Å². The Morgan fingerprint density at radius 3 is 2.51 bits per heavy atom. The molecule has 2 aromatic carbocycles. The molecule has 2 heterocycles. The molecule has 1 amide bonds. The van der Waals surface area contributed by atoms with E-state index in [-0.39, 0.29) is 35.9 Å². The standard InChI is InChI=1S/C26H26F2N4O3/c1-14(2)22-19(25(34)29-21(10-11-33)16-6-8-18(27)9-7-16)13-32-23(22)26(35)30-24(31-32)17-5-4-15(3)20(28)12-17/h4-9,12-14,21,33H,10-11H2,1-3H3,(H,29,34)(H,30,31,35)/t21-/m1/s1. The van der Waals surface area contributed by atoms with E-state index in [1.54, 1.807) is 31.2 Å². The molecule has 7 nitrogen and oxygen atoms in total. The van der Waals surface area contributed by atoms with Gasteiger partial charge >= 0.3 is 0 Å². The maximum atomic E-state index is 14.1. The highest BCUT2D eigenvalue weighted by molar-refractivity contribution is 5.98. The van der Waals surface area contributed by atoms with Crippen molar-refractivity contribution >= 4 is 11.4 Å². The van der Waals surface area contributed by atoms with Gasteiger partial charge in [0.05, 0.1) is 11.6 Å². The molecule has 0 saturated carbocycles. The van der Waals surface area contributed by atoms with Crippen molar-refractivity contribution in [2.24, 2.45) is 0 Å². The summed E-state index contributed by atoms with van der Waals surface area (Å²) in [7, 11) is 0. The summed E-state index contributed by atoms with van der Waals surface area (Å²) in [5.41, 5.74) is 2.06. The number of halogens is 2. The Kier molecular flexibility index (Phi) is 6.79. The fourth-order valence-corrected chi connectivity index (χ4v) is 4.13. The third kappa shape index (κ3) is 4.85. The molecule has 0 bridgehead atoms. The molecule has 35 heavy (non-hydrogen) atoms. The van der Waals surface area contributed by atoms with Crippen molar-refractivity contribution in [1.29, 1.82) is 0 Å². The molecule has 0 aliphatic heterocycles. The fraction of sp³-hybridized carbons (Fsp3) is 0.269. The van der Waals surface area contributed by atoms with E-state index in [0.717, 1.165) is 0 Å². The lowest BCUT2D eigenvalue weighted by Crippen LogP contribution is -2.29. The number of amides is 1. The van der Waals surface area contributed by atoms with Gasteiger partial charge in [-0.15, -0.1) is 5.10 Å². The van der Waals surface area contributed by atoms with Crippen LogP contribution in [0.5, 0.6) is 0 Å². The van der Waals surface area contributed by atoms with Crippen molar-refractivity contribution < 1.29 is 18.7 Å². The first-order valence-corrected chi connectivity index (χ1v) is 11.3. The van der Waals surface area contributed by atoms with Crippen LogP contribution in [0, 0.1) is 18.6 Å². The number of hydrogen-bond acceptors (Lipinski definition) is 4. The van der Waals surface area contributed by atoms with Crippen molar-refractivity contribution in [3.63, 3.8) is 0 Å². The quantitative estimate of drug-likeness (QED) is 0.368. The summed E-state index contributed by atoms with van der Waals surface area (Å²) in [6.45, 7) is 5.18. The van der Waals surface area contributed by atoms with Crippen molar-refractivity contribution in [2.45, 2.75) is 39.2 Å². The molecule has 0 saturated heterocycles. The third-order valence-electron chi connectivity index (χ3n) is 5.94. The van der Waals surface area contributed by atoms with E-state index in [1.807, 2.05) is 13.8 Å². The van der Waals surface area contributed by atoms with E-state index >= 15 is 0 Å². The Morgan fingerprint density at radius 2 is 1.89 bits per heavy atom. The summed E-state index contributed by atoms with van der Waals surface area (Å²) in [6.07, 6.45) is 1.70. The fourth-order valence-electron chi connectivity index (χ4n) is 4.13. The molecule has 4 rings (SSSR count). The number of carbonyl (C=O) groups excluding carboxylic acids is 1. The summed E-state index contributed by atoms with van der Waals surface area (Å²) in [6, 6.07) is 9.67. The van der Waals surface area contributed by atoms with Crippen molar-refractivity contribution in [1.82, 2.24) is 19.9 Å². The number of hydrogen-bond donors (Lipinski definition) is 3. The first-order chi connectivity index (χ1) is 16.7. The summed E-state index contributed by atoms with van der Waals surface area (Å²) in [4.78, 5) is 29.1. The summed E-state index contributed by atoms with van der Waals surface area (Å²) in [5.74, 6) is -1.30. The zero-order valence-electron chi connectivity index (χ0n) is 19.6. The van der Waals surface area contributed by atoms with Crippen LogP contribution in [0.1, 0.15) is 59.3 Å². The zero-order valence-corrected chi connectivity index (χ0v) is 19.6. The second-order valence-electron chi connectivity index (χ2n) is 8.76. The summed E-state index contributed by atoms with van der Waals surface area (Å²) < 4.78 is 28.8. The lowest BCUT2D eigenvalue weighted by atomic mass is 9.98. The average Bonchev–Trinajstić information content (AvgIpc) is 3.22. The molecule has 0 radical (unpaired) electrons. The first-order valence-electron chi connectivity index (χ1n) is 11.3. The van der Waals surface area contributed by atoms with Gasteiger partial charge in [0.2, 0.25) is 0 Å². The average molecular weight is 481 g/mol. The molecule has 0 spiro atoms. The minimum Gasteiger partial charge on any atom is -0.396 e. The Morgan fingerprint density at radius 1 is 1.17 bits per heavy atom. The second-order valence-corrected chi connectivity index (χ2v) is 8.76. The van der Waals surface area contributed by atoms with Gasteiger partial charge in [0.25, 0.3) is 11.5 Å². The number of aromatic amines is 1. The van der Waals surface area contributed by atoms with Gasteiger partial charge in [-0.1, -0.05) is 38.1 Å². The number of carbonyl (C=O) groups is 1. The predicted octanol–water partition coefficient (Wildman–Crippen LogP) is 4.25. The molecule has 0 fully saturated rings. The van der Waals surface area contributed by atoms with Crippen molar-refractivity contribution in [3.8, 4) is 11.4 Å². The van der Waals surface area contributed by atoms with Gasteiger partial charge in [-0.3, -0.25) is 9.59 Å². The molecule has 0 unspecified atom stereocenters. The van der Waals surface area contributed by atoms with E-state index < -0.39 is 29.1 Å². The van der Waals surface area contributed by atoms with Crippen LogP contribution in [-0.2, 0) is 0 Å². The maximum Gasteiger partial charge on any atom is 0.275 e. The topological polar surface area (TPSA) is 99.5 Å². The Labute approximate surface area is 200 Å². The first kappa shape index (κ1) is 24.3. The van der Waals surface area contributed by atoms with Gasteiger partial charge in [-0.25, -0.2) is 13.3 Å². The minimum atomic E-state index is -0.562. The number of benzene rings is 2. The van der Waals surface area contributed by atoms with Crippen LogP contribution in [-0.4, -0.2) is 32.2 Å². The molecule has 0 aliphatic carbocycles. The van der Waals surface area contributed by atoms with Gasteiger partial charge in [-0.2, -0.15) is 0 Å². The monoisotopic (exact) mass is 480 g/mol. The van der Waals surface area contributed by atoms with Crippen LogP contribution in [0.2, 0.25) is 0 Å². The summed E-state index contributed by atoms with van der Waals surface area (Å²) in [5, 5.41) is 16.8. The number of nitrogens with one attached hydrogen (secondary N) is 2. The smallest absolute Gasteiger partial charge is 0.275 e. The van der Waals surface area contributed by atoms with Gasteiger partial charge in [0, 0.05) is 23.9 Å². The number of nitrogens with zero attached hydrogens (tertiary/aromatic N) is 2. The van der Waals surface area contributed by atoms with Crippen LogP contribution in [0.4, 0.5) is 8.78 Å². The van der Waals surface area contributed by atoms with Crippen LogP contribution >= 0.6 is 0 Å². The van der Waals surface area contributed by atoms with Gasteiger partial charge in [0.1, 0.15) is 17.2 Å². The Bertz CT molecular complexity index is 1440. The number of aliphatic hydroxyl groups is 1. The molecule has 9 heteroatoms. The minimum absolute atomic E-state index is 0.170. The molecule has 0 aliphatic rings. The number of H-pyrrole nitrogens is 1. The molecule has 1 atom stereocenters. The lowest BCUT2D eigenvalue weighted by Gasteiger charge is -2.19. The van der Waals surface area contributed by atoms with Gasteiger partial charge in [-0.05, 0) is 48.6 Å². The van der Waals surface area contributed by atoms with E-state index in [1.165, 1.54) is 28.9 Å². The molecule has 182 valence electrons. The number of aryl methyl sites for hydroxylation is 1. The Hall–Kier alpha value is -3.85. The molecule has 2 aromatic heterocycles. The van der Waals surface area contributed by atoms with Crippen LogP contribution in [0.25, 0.3) is 16.9 Å². The SMILES string of the molecule is Cc1ccc(-c2nn3cc(C(=O)N[C@H](CCO)c4ccc(F)cc4)c(C(C)C)c3c(=O)[nH]2)cc1F.